The van der Waals surface area contributed by atoms with Crippen LogP contribution in [0.5, 0.6) is 0 Å². The molecule has 0 aliphatic carbocycles. The molecular formula is C10H14ClNOS. The normalized spacial score (nSPS) is 12.8. The molecule has 1 unspecified atom stereocenters. The molecular weight excluding hydrogens is 218 g/mol. The van der Waals surface area contributed by atoms with Crippen molar-refractivity contribution in [1.82, 2.24) is 4.98 Å². The largest absolute Gasteiger partial charge is 0.396 e. The van der Waals surface area contributed by atoms with Crippen LogP contribution in [-0.4, -0.2) is 21.9 Å². The van der Waals surface area contributed by atoms with Crippen molar-refractivity contribution in [2.45, 2.75) is 24.3 Å². The van der Waals surface area contributed by atoms with E-state index in [-0.39, 0.29) is 6.61 Å². The molecule has 0 aliphatic rings. The van der Waals surface area contributed by atoms with Gasteiger partial charge in [0.1, 0.15) is 0 Å². The van der Waals surface area contributed by atoms with E-state index >= 15 is 0 Å². The number of aliphatic hydroxyl groups is 1. The predicted octanol–water partition coefficient (Wildman–Crippen LogP) is 2.74. The molecule has 0 amide bonds. The zero-order chi connectivity index (χ0) is 10.4. The third-order valence-electron chi connectivity index (χ3n) is 1.83. The molecule has 78 valence electrons. The summed E-state index contributed by atoms with van der Waals surface area (Å²) in [5.74, 6) is 0.849. The molecule has 2 nitrogen and oxygen atoms in total. The van der Waals surface area contributed by atoms with Gasteiger partial charge in [0.05, 0.1) is 5.69 Å². The average molecular weight is 232 g/mol. The molecule has 1 aromatic heterocycles. The first-order valence-electron chi connectivity index (χ1n) is 4.55. The molecule has 0 spiro atoms. The van der Waals surface area contributed by atoms with Gasteiger partial charge in [0.2, 0.25) is 0 Å². The van der Waals surface area contributed by atoms with Crippen LogP contribution in [0.15, 0.2) is 18.3 Å². The van der Waals surface area contributed by atoms with Crippen LogP contribution in [0.25, 0.3) is 0 Å². The van der Waals surface area contributed by atoms with Crippen molar-refractivity contribution >= 4 is 23.4 Å². The van der Waals surface area contributed by atoms with Crippen molar-refractivity contribution in [3.63, 3.8) is 0 Å². The molecule has 0 radical (unpaired) electrons. The first-order chi connectivity index (χ1) is 6.72. The van der Waals surface area contributed by atoms with Crippen LogP contribution in [0.2, 0.25) is 5.02 Å². The molecule has 0 fully saturated rings. The van der Waals surface area contributed by atoms with Crippen molar-refractivity contribution in [3.8, 4) is 0 Å². The van der Waals surface area contributed by atoms with Crippen molar-refractivity contribution in [2.75, 3.05) is 6.61 Å². The molecule has 0 aromatic carbocycles. The van der Waals surface area contributed by atoms with Gasteiger partial charge in [-0.1, -0.05) is 18.5 Å². The van der Waals surface area contributed by atoms with Gasteiger partial charge in [-0.25, -0.2) is 0 Å². The lowest BCUT2D eigenvalue weighted by Gasteiger charge is -2.08. The highest BCUT2D eigenvalue weighted by atomic mass is 35.5. The molecule has 0 saturated carbocycles. The topological polar surface area (TPSA) is 33.1 Å². The molecule has 1 N–H and O–H groups in total. The number of rotatable bonds is 5. The second-order valence-corrected chi connectivity index (χ2v) is 4.96. The second kappa shape index (κ2) is 6.27. The summed E-state index contributed by atoms with van der Waals surface area (Å²) in [4.78, 5) is 4.20. The Kier molecular flexibility index (Phi) is 5.30. The minimum Gasteiger partial charge on any atom is -0.396 e. The summed E-state index contributed by atoms with van der Waals surface area (Å²) in [7, 11) is 0. The summed E-state index contributed by atoms with van der Waals surface area (Å²) in [6, 6.07) is 3.65. The molecule has 1 aromatic rings. The quantitative estimate of drug-likeness (QED) is 0.846. The highest BCUT2D eigenvalue weighted by Crippen LogP contribution is 2.19. The zero-order valence-electron chi connectivity index (χ0n) is 8.11. The maximum absolute atomic E-state index is 8.73. The fraction of sp³-hybridized carbons (Fsp3) is 0.500. The zero-order valence-corrected chi connectivity index (χ0v) is 9.68. The summed E-state index contributed by atoms with van der Waals surface area (Å²) < 4.78 is 0. The van der Waals surface area contributed by atoms with Crippen molar-refractivity contribution in [2.24, 2.45) is 0 Å². The van der Waals surface area contributed by atoms with E-state index in [9.17, 15) is 0 Å². The van der Waals surface area contributed by atoms with Gasteiger partial charge >= 0.3 is 0 Å². The fourth-order valence-corrected chi connectivity index (χ4v) is 2.09. The Morgan fingerprint density at radius 2 is 2.43 bits per heavy atom. The van der Waals surface area contributed by atoms with Gasteiger partial charge in [0.15, 0.2) is 0 Å². The number of halogens is 1. The summed E-state index contributed by atoms with van der Waals surface area (Å²) in [5.41, 5.74) is 0.993. The van der Waals surface area contributed by atoms with Crippen LogP contribution in [0.4, 0.5) is 0 Å². The molecule has 4 heteroatoms. The first kappa shape index (κ1) is 11.8. The minimum atomic E-state index is 0.247. The SMILES string of the molecule is CC(CCO)SCc1cc(Cl)ccn1. The summed E-state index contributed by atoms with van der Waals surface area (Å²) in [5, 5.41) is 9.91. The van der Waals surface area contributed by atoms with Crippen LogP contribution < -0.4 is 0 Å². The van der Waals surface area contributed by atoms with E-state index in [2.05, 4.69) is 11.9 Å². The Bertz CT molecular complexity index is 283. The van der Waals surface area contributed by atoms with Crippen molar-refractivity contribution in [3.05, 3.63) is 29.0 Å². The van der Waals surface area contributed by atoms with E-state index in [4.69, 9.17) is 16.7 Å². The Morgan fingerprint density at radius 3 is 3.07 bits per heavy atom. The minimum absolute atomic E-state index is 0.247. The van der Waals surface area contributed by atoms with Crippen LogP contribution in [0.3, 0.4) is 0 Å². The average Bonchev–Trinajstić information content (AvgIpc) is 2.15. The smallest absolute Gasteiger partial charge is 0.0517 e. The van der Waals surface area contributed by atoms with E-state index in [1.807, 2.05) is 6.07 Å². The van der Waals surface area contributed by atoms with Gasteiger partial charge in [0.25, 0.3) is 0 Å². The predicted molar refractivity (Wildman–Crippen MR) is 61.7 cm³/mol. The number of pyridine rings is 1. The van der Waals surface area contributed by atoms with E-state index < -0.39 is 0 Å². The molecule has 1 atom stereocenters. The van der Waals surface area contributed by atoms with Crippen LogP contribution in [0, 0.1) is 0 Å². The van der Waals surface area contributed by atoms with E-state index in [0.717, 1.165) is 22.9 Å². The summed E-state index contributed by atoms with van der Waals surface area (Å²) >= 11 is 7.61. The van der Waals surface area contributed by atoms with E-state index in [1.54, 1.807) is 24.0 Å². The number of hydrogen-bond acceptors (Lipinski definition) is 3. The Morgan fingerprint density at radius 1 is 1.64 bits per heavy atom. The van der Waals surface area contributed by atoms with Gasteiger partial charge in [0, 0.05) is 28.8 Å². The summed E-state index contributed by atoms with van der Waals surface area (Å²) in [6.07, 6.45) is 2.54. The van der Waals surface area contributed by atoms with Crippen LogP contribution in [-0.2, 0) is 5.75 Å². The molecule has 1 rings (SSSR count). The monoisotopic (exact) mass is 231 g/mol. The van der Waals surface area contributed by atoms with Crippen molar-refractivity contribution < 1.29 is 5.11 Å². The van der Waals surface area contributed by atoms with Gasteiger partial charge < -0.3 is 5.11 Å². The maximum Gasteiger partial charge on any atom is 0.0517 e. The van der Waals surface area contributed by atoms with Crippen LogP contribution in [0.1, 0.15) is 19.0 Å². The fourth-order valence-electron chi connectivity index (χ4n) is 1.02. The number of nitrogens with zero attached hydrogens (tertiary/aromatic N) is 1. The molecule has 1 heterocycles. The maximum atomic E-state index is 8.73. The van der Waals surface area contributed by atoms with Gasteiger partial charge in [-0.15, -0.1) is 0 Å². The number of aromatic nitrogens is 1. The lowest BCUT2D eigenvalue weighted by molar-refractivity contribution is 0.289. The Labute approximate surface area is 93.7 Å². The van der Waals surface area contributed by atoms with Gasteiger partial charge in [-0.2, -0.15) is 11.8 Å². The molecule has 0 bridgehead atoms. The third-order valence-corrected chi connectivity index (χ3v) is 3.33. The van der Waals surface area contributed by atoms with E-state index in [0.29, 0.717) is 5.25 Å². The first-order valence-corrected chi connectivity index (χ1v) is 5.98. The number of aliphatic hydroxyl groups excluding tert-OH is 1. The lowest BCUT2D eigenvalue weighted by Crippen LogP contribution is -2.00. The lowest BCUT2D eigenvalue weighted by atomic mass is 10.3. The highest BCUT2D eigenvalue weighted by molar-refractivity contribution is 7.99. The molecule has 14 heavy (non-hydrogen) atoms. The van der Waals surface area contributed by atoms with Crippen molar-refractivity contribution in [1.29, 1.82) is 0 Å². The summed E-state index contributed by atoms with van der Waals surface area (Å²) in [6.45, 7) is 2.35. The number of thioether (sulfide) groups is 1. The Hall–Kier alpha value is -0.250. The van der Waals surface area contributed by atoms with Gasteiger partial charge in [-0.05, 0) is 18.6 Å². The highest BCUT2D eigenvalue weighted by Gasteiger charge is 2.03. The Balaban J connectivity index is 2.37. The number of hydrogen-bond donors (Lipinski definition) is 1. The standard InChI is InChI=1S/C10H14ClNOS/c1-8(3-5-13)14-7-10-6-9(11)2-4-12-10/h2,4,6,8,13H,3,5,7H2,1H3. The van der Waals surface area contributed by atoms with Crippen LogP contribution >= 0.6 is 23.4 Å². The van der Waals surface area contributed by atoms with E-state index in [1.165, 1.54) is 0 Å². The molecule has 0 saturated heterocycles. The third kappa shape index (κ3) is 4.31. The molecule has 0 aliphatic heterocycles. The second-order valence-electron chi connectivity index (χ2n) is 3.10. The van der Waals surface area contributed by atoms with Gasteiger partial charge in [-0.3, -0.25) is 4.98 Å².